The molecule has 0 aliphatic heterocycles. The zero-order valence-corrected chi connectivity index (χ0v) is 19.9. The fourth-order valence-corrected chi connectivity index (χ4v) is 4.20. The zero-order chi connectivity index (χ0) is 23.4. The van der Waals surface area contributed by atoms with Crippen LogP contribution >= 0.6 is 11.3 Å². The molecular weight excluding hydrogens is 438 g/mol. The van der Waals surface area contributed by atoms with Crippen LogP contribution in [0.4, 0.5) is 4.79 Å². The van der Waals surface area contributed by atoms with Gasteiger partial charge in [-0.2, -0.15) is 0 Å². The molecule has 0 radical (unpaired) electrons. The summed E-state index contributed by atoms with van der Waals surface area (Å²) in [6, 6.07) is 13.5. The van der Waals surface area contributed by atoms with E-state index in [0.717, 1.165) is 39.2 Å². The minimum atomic E-state index is -0.467. The normalized spacial score (nSPS) is 11.1. The number of thiazole rings is 1. The van der Waals surface area contributed by atoms with Crippen LogP contribution in [-0.2, 0) is 6.54 Å². The van der Waals surface area contributed by atoms with Crippen molar-refractivity contribution in [3.05, 3.63) is 65.6 Å². The lowest BCUT2D eigenvalue weighted by atomic mass is 10.2. The molecule has 0 bridgehead atoms. The fraction of sp³-hybridized carbons (Fsp3) is 0.280. The number of aromatic nitrogens is 2. The summed E-state index contributed by atoms with van der Waals surface area (Å²) in [5, 5.41) is 5.70. The van der Waals surface area contributed by atoms with Gasteiger partial charge in [-0.3, -0.25) is 0 Å². The third kappa shape index (κ3) is 5.28. The lowest BCUT2D eigenvalue weighted by Crippen LogP contribution is -2.30. The second kappa shape index (κ2) is 9.95. The average molecular weight is 466 g/mol. The number of hydrogen-bond donors (Lipinski definition) is 1. The van der Waals surface area contributed by atoms with Crippen molar-refractivity contribution in [1.29, 1.82) is 0 Å². The van der Waals surface area contributed by atoms with Crippen molar-refractivity contribution in [2.45, 2.75) is 27.3 Å². The Bertz CT molecular complexity index is 1210. The van der Waals surface area contributed by atoms with E-state index in [2.05, 4.69) is 9.88 Å². The van der Waals surface area contributed by atoms with E-state index in [4.69, 9.17) is 18.9 Å². The Hall–Kier alpha value is -3.52. The number of nitrogens with one attached hydrogen (secondary N) is 1. The van der Waals surface area contributed by atoms with E-state index in [1.54, 1.807) is 24.7 Å². The molecule has 172 valence electrons. The van der Waals surface area contributed by atoms with E-state index in [1.165, 1.54) is 0 Å². The van der Waals surface area contributed by atoms with E-state index >= 15 is 0 Å². The highest BCUT2D eigenvalue weighted by Gasteiger charge is 2.20. The quantitative estimate of drug-likeness (QED) is 0.346. The lowest BCUT2D eigenvalue weighted by molar-refractivity contribution is 0.198. The van der Waals surface area contributed by atoms with E-state index in [0.29, 0.717) is 24.8 Å². The molecule has 8 heteroatoms. The molecule has 1 aromatic carbocycles. The van der Waals surface area contributed by atoms with Gasteiger partial charge in [0.2, 0.25) is 0 Å². The van der Waals surface area contributed by atoms with Gasteiger partial charge in [-0.1, -0.05) is 13.8 Å². The molecule has 33 heavy (non-hydrogen) atoms. The van der Waals surface area contributed by atoms with Gasteiger partial charge in [0, 0.05) is 23.6 Å². The first-order valence-corrected chi connectivity index (χ1v) is 11.6. The number of methoxy groups -OCH3 is 1. The molecule has 0 unspecified atom stereocenters. The zero-order valence-electron chi connectivity index (χ0n) is 19.1. The topological polar surface area (TPSA) is 78.5 Å². The number of amides is 1. The van der Waals surface area contributed by atoms with Crippen LogP contribution in [-0.4, -0.2) is 29.3 Å². The van der Waals surface area contributed by atoms with E-state index in [-0.39, 0.29) is 0 Å². The van der Waals surface area contributed by atoms with Gasteiger partial charge in [-0.15, -0.1) is 11.3 Å². The minimum absolute atomic E-state index is 0.337. The molecule has 0 aliphatic carbocycles. The van der Waals surface area contributed by atoms with Crippen LogP contribution in [0.1, 0.15) is 25.3 Å². The summed E-state index contributed by atoms with van der Waals surface area (Å²) in [6.07, 6.45) is 1.18. The number of carbonyl (C=O) groups excluding carboxylic acids is 1. The number of nitrogens with zero attached hydrogens (tertiary/aromatic N) is 2. The predicted octanol–water partition coefficient (Wildman–Crippen LogP) is 5.98. The summed E-state index contributed by atoms with van der Waals surface area (Å²) in [5.41, 5.74) is 3.49. The molecule has 0 atom stereocenters. The Morgan fingerprint density at radius 3 is 2.70 bits per heavy atom. The van der Waals surface area contributed by atoms with Crippen molar-refractivity contribution in [2.75, 3.05) is 13.7 Å². The summed E-state index contributed by atoms with van der Waals surface area (Å²) >= 11 is 1.56. The number of ether oxygens (including phenoxy) is 2. The highest BCUT2D eigenvalue weighted by Crippen LogP contribution is 2.35. The Morgan fingerprint density at radius 1 is 1.24 bits per heavy atom. The minimum Gasteiger partial charge on any atom is -0.497 e. The summed E-state index contributed by atoms with van der Waals surface area (Å²) in [6.45, 7) is 7.04. The monoisotopic (exact) mass is 465 g/mol. The molecule has 3 heterocycles. The standard InChI is InChI=1S/C25H27N3O4S/c1-16(2)13-26-25(29)32-23-12-22(28(17(23)3)14-20-6-5-11-31-20)21-15-33-24(27-21)18-7-9-19(30-4)10-8-18/h5-12,15-16H,13-14H2,1-4H3,(H,26,29). The second-order valence-corrected chi connectivity index (χ2v) is 8.93. The van der Waals surface area contributed by atoms with Crippen molar-refractivity contribution in [2.24, 2.45) is 5.92 Å². The Morgan fingerprint density at radius 2 is 2.03 bits per heavy atom. The number of benzene rings is 1. The van der Waals surface area contributed by atoms with Crippen molar-refractivity contribution in [3.8, 4) is 33.5 Å². The fourth-order valence-electron chi connectivity index (χ4n) is 3.38. The average Bonchev–Trinajstić information content (AvgIpc) is 3.56. The first kappa shape index (κ1) is 22.7. The summed E-state index contributed by atoms with van der Waals surface area (Å²) < 4.78 is 18.5. The number of rotatable bonds is 8. The Kier molecular flexibility index (Phi) is 6.84. The van der Waals surface area contributed by atoms with Gasteiger partial charge in [0.15, 0.2) is 5.75 Å². The molecule has 0 fully saturated rings. The first-order chi connectivity index (χ1) is 15.9. The molecule has 0 aliphatic rings. The van der Waals surface area contributed by atoms with E-state index in [9.17, 15) is 4.79 Å². The van der Waals surface area contributed by atoms with Gasteiger partial charge >= 0.3 is 6.09 Å². The number of hydrogen-bond acceptors (Lipinski definition) is 6. The van der Waals surface area contributed by atoms with Crippen LogP contribution in [0.2, 0.25) is 0 Å². The van der Waals surface area contributed by atoms with Crippen molar-refractivity contribution < 1.29 is 18.7 Å². The molecule has 0 saturated carbocycles. The molecule has 1 amide bonds. The molecule has 4 aromatic rings. The van der Waals surface area contributed by atoms with Crippen LogP contribution < -0.4 is 14.8 Å². The summed E-state index contributed by atoms with van der Waals surface area (Å²) in [7, 11) is 1.65. The van der Waals surface area contributed by atoms with Gasteiger partial charge in [0.25, 0.3) is 0 Å². The van der Waals surface area contributed by atoms with Crippen LogP contribution in [0.15, 0.2) is 58.5 Å². The van der Waals surface area contributed by atoms with Gasteiger partial charge in [-0.05, 0) is 49.2 Å². The third-order valence-electron chi connectivity index (χ3n) is 5.18. The Balaban J connectivity index is 1.66. The van der Waals surface area contributed by atoms with Gasteiger partial charge in [-0.25, -0.2) is 9.78 Å². The molecule has 1 N–H and O–H groups in total. The number of carbonyl (C=O) groups is 1. The maximum Gasteiger partial charge on any atom is 0.412 e. The van der Waals surface area contributed by atoms with Crippen molar-refractivity contribution in [1.82, 2.24) is 14.9 Å². The summed E-state index contributed by atoms with van der Waals surface area (Å²) in [5.74, 6) is 2.44. The molecular formula is C25H27N3O4S. The summed E-state index contributed by atoms with van der Waals surface area (Å²) in [4.78, 5) is 17.2. The molecule has 4 rings (SSSR count). The SMILES string of the molecule is COc1ccc(-c2nc(-c3cc(OC(=O)NCC(C)C)c(C)n3Cc3ccco3)cs2)cc1. The molecule has 7 nitrogen and oxygen atoms in total. The molecule has 0 saturated heterocycles. The largest absolute Gasteiger partial charge is 0.497 e. The first-order valence-electron chi connectivity index (χ1n) is 10.7. The number of furan rings is 1. The second-order valence-electron chi connectivity index (χ2n) is 8.08. The predicted molar refractivity (Wildman–Crippen MR) is 129 cm³/mol. The van der Waals surface area contributed by atoms with E-state index < -0.39 is 6.09 Å². The smallest absolute Gasteiger partial charge is 0.412 e. The van der Waals surface area contributed by atoms with Gasteiger partial charge in [0.05, 0.1) is 37.0 Å². The maximum absolute atomic E-state index is 12.3. The van der Waals surface area contributed by atoms with Crippen LogP contribution in [0.5, 0.6) is 11.5 Å². The molecule has 0 spiro atoms. The maximum atomic E-state index is 12.3. The van der Waals surface area contributed by atoms with Crippen molar-refractivity contribution >= 4 is 17.4 Å². The van der Waals surface area contributed by atoms with Gasteiger partial charge < -0.3 is 23.8 Å². The van der Waals surface area contributed by atoms with Crippen LogP contribution in [0.25, 0.3) is 22.0 Å². The Labute approximate surface area is 197 Å². The van der Waals surface area contributed by atoms with Crippen molar-refractivity contribution in [3.63, 3.8) is 0 Å². The lowest BCUT2D eigenvalue weighted by Gasteiger charge is -2.10. The molecule has 3 aromatic heterocycles. The van der Waals surface area contributed by atoms with Crippen LogP contribution in [0.3, 0.4) is 0 Å². The highest BCUT2D eigenvalue weighted by atomic mass is 32.1. The van der Waals surface area contributed by atoms with Gasteiger partial charge in [0.1, 0.15) is 16.5 Å². The third-order valence-corrected chi connectivity index (χ3v) is 6.07. The highest BCUT2D eigenvalue weighted by molar-refractivity contribution is 7.13. The van der Waals surface area contributed by atoms with Crippen LogP contribution in [0, 0.1) is 12.8 Å². The van der Waals surface area contributed by atoms with E-state index in [1.807, 2.05) is 68.6 Å².